The van der Waals surface area contributed by atoms with Crippen LogP contribution in [0.2, 0.25) is 5.02 Å². The molecule has 2 nitrogen and oxygen atoms in total. The maximum absolute atomic E-state index is 6.26. The first kappa shape index (κ1) is 15.0. The fourth-order valence-electron chi connectivity index (χ4n) is 1.93. The van der Waals surface area contributed by atoms with Crippen LogP contribution < -0.4 is 5.32 Å². The van der Waals surface area contributed by atoms with Crippen molar-refractivity contribution in [3.63, 3.8) is 0 Å². The number of aromatic nitrogens is 1. The van der Waals surface area contributed by atoms with Crippen LogP contribution in [0.15, 0.2) is 34.4 Å². The molecular formula is C14H16BrClN2S. The number of hydrogen-bond acceptors (Lipinski definition) is 3. The van der Waals surface area contributed by atoms with Crippen LogP contribution in [-0.2, 0) is 6.42 Å². The van der Waals surface area contributed by atoms with Crippen molar-refractivity contribution in [1.29, 1.82) is 0 Å². The van der Waals surface area contributed by atoms with E-state index in [0.29, 0.717) is 0 Å². The zero-order valence-corrected chi connectivity index (χ0v) is 13.9. The van der Waals surface area contributed by atoms with Crippen LogP contribution in [0.3, 0.4) is 0 Å². The Morgan fingerprint density at radius 2 is 2.32 bits per heavy atom. The fraction of sp³-hybridized carbons (Fsp3) is 0.357. The highest BCUT2D eigenvalue weighted by Crippen LogP contribution is 2.31. The second kappa shape index (κ2) is 7.39. The molecule has 2 heterocycles. The number of hydrogen-bond donors (Lipinski definition) is 1. The average molecular weight is 360 g/mol. The summed E-state index contributed by atoms with van der Waals surface area (Å²) in [5, 5.41) is 6.45. The maximum atomic E-state index is 6.26. The monoisotopic (exact) mass is 358 g/mol. The zero-order valence-electron chi connectivity index (χ0n) is 10.7. The third kappa shape index (κ3) is 4.28. The number of rotatable bonds is 6. The van der Waals surface area contributed by atoms with Crippen LogP contribution in [0.5, 0.6) is 0 Å². The molecule has 0 fully saturated rings. The van der Waals surface area contributed by atoms with Crippen molar-refractivity contribution in [3.05, 3.63) is 49.8 Å². The van der Waals surface area contributed by atoms with Crippen molar-refractivity contribution in [2.75, 3.05) is 6.54 Å². The lowest BCUT2D eigenvalue weighted by atomic mass is 10.1. The van der Waals surface area contributed by atoms with Crippen LogP contribution in [0.4, 0.5) is 0 Å². The normalized spacial score (nSPS) is 12.6. The number of nitrogens with one attached hydrogen (secondary N) is 1. The van der Waals surface area contributed by atoms with Crippen molar-refractivity contribution in [1.82, 2.24) is 10.3 Å². The van der Waals surface area contributed by atoms with Gasteiger partial charge in [-0.25, -0.2) is 0 Å². The Kier molecular flexibility index (Phi) is 5.82. The smallest absolute Gasteiger partial charge is 0.0561 e. The molecule has 1 unspecified atom stereocenters. The third-order valence-electron chi connectivity index (χ3n) is 2.80. The summed E-state index contributed by atoms with van der Waals surface area (Å²) in [5.74, 6) is 0. The van der Waals surface area contributed by atoms with Crippen LogP contribution in [0.25, 0.3) is 0 Å². The molecule has 0 aliphatic rings. The van der Waals surface area contributed by atoms with E-state index in [0.717, 1.165) is 28.9 Å². The molecule has 0 saturated carbocycles. The van der Waals surface area contributed by atoms with Gasteiger partial charge >= 0.3 is 0 Å². The lowest BCUT2D eigenvalue weighted by Crippen LogP contribution is -2.23. The zero-order chi connectivity index (χ0) is 13.7. The van der Waals surface area contributed by atoms with Gasteiger partial charge in [-0.1, -0.05) is 18.5 Å². The summed E-state index contributed by atoms with van der Waals surface area (Å²) in [5.41, 5.74) is 1.20. The van der Waals surface area contributed by atoms with E-state index in [1.165, 1.54) is 10.4 Å². The van der Waals surface area contributed by atoms with E-state index in [2.05, 4.69) is 39.2 Å². The molecule has 0 aliphatic carbocycles. The minimum absolute atomic E-state index is 0.253. The van der Waals surface area contributed by atoms with Crippen molar-refractivity contribution < 1.29 is 0 Å². The van der Waals surface area contributed by atoms with Gasteiger partial charge in [0, 0.05) is 27.8 Å². The Labute approximate surface area is 131 Å². The summed E-state index contributed by atoms with van der Waals surface area (Å²) in [6, 6.07) is 4.32. The number of halogens is 2. The second-order valence-electron chi connectivity index (χ2n) is 4.36. The first-order valence-electron chi connectivity index (χ1n) is 6.26. The molecule has 102 valence electrons. The maximum Gasteiger partial charge on any atom is 0.0561 e. The van der Waals surface area contributed by atoms with E-state index in [9.17, 15) is 0 Å². The first-order valence-corrected chi connectivity index (χ1v) is 8.31. The van der Waals surface area contributed by atoms with Crippen LogP contribution in [0, 0.1) is 0 Å². The van der Waals surface area contributed by atoms with E-state index < -0.39 is 0 Å². The molecule has 0 spiro atoms. The second-order valence-corrected chi connectivity index (χ2v) is 6.63. The Morgan fingerprint density at radius 1 is 1.47 bits per heavy atom. The molecule has 1 N–H and O–H groups in total. The lowest BCUT2D eigenvalue weighted by Gasteiger charge is -2.18. The number of nitrogens with zero attached hydrogens (tertiary/aromatic N) is 1. The van der Waals surface area contributed by atoms with E-state index >= 15 is 0 Å². The summed E-state index contributed by atoms with van der Waals surface area (Å²) >= 11 is 11.4. The topological polar surface area (TPSA) is 24.9 Å². The Bertz CT molecular complexity index is 530. The molecule has 0 saturated heterocycles. The molecule has 2 rings (SSSR count). The van der Waals surface area contributed by atoms with Crippen LogP contribution in [0.1, 0.15) is 29.8 Å². The number of pyridine rings is 1. The first-order chi connectivity index (χ1) is 9.20. The quantitative estimate of drug-likeness (QED) is 0.798. The molecule has 0 aliphatic heterocycles. The van der Waals surface area contributed by atoms with E-state index in [4.69, 9.17) is 11.6 Å². The van der Waals surface area contributed by atoms with Gasteiger partial charge in [0.25, 0.3) is 0 Å². The predicted octanol–water partition coefficient (Wildman–Crippen LogP) is 4.84. The van der Waals surface area contributed by atoms with Crippen LogP contribution >= 0.6 is 38.9 Å². The van der Waals surface area contributed by atoms with Gasteiger partial charge in [0.05, 0.1) is 5.02 Å². The molecule has 0 radical (unpaired) electrons. The molecule has 2 aromatic heterocycles. The SMILES string of the molecule is CCCNC(Cc1cncc(Br)c1)c1sccc1Cl. The van der Waals surface area contributed by atoms with Gasteiger partial charge in [0.2, 0.25) is 0 Å². The van der Waals surface area contributed by atoms with Gasteiger partial charge in [-0.2, -0.15) is 0 Å². The Morgan fingerprint density at radius 3 is 2.95 bits per heavy atom. The molecular weight excluding hydrogens is 344 g/mol. The summed E-state index contributed by atoms with van der Waals surface area (Å²) in [6.45, 7) is 3.15. The highest BCUT2D eigenvalue weighted by Gasteiger charge is 2.16. The standard InChI is InChI=1S/C14H16BrClN2S/c1-2-4-18-13(14-12(16)3-5-19-14)7-10-6-11(15)9-17-8-10/h3,5-6,8-9,13,18H,2,4,7H2,1H3. The Hall–Kier alpha value is -0.420. The van der Waals surface area contributed by atoms with E-state index in [1.54, 1.807) is 17.5 Å². The molecule has 0 amide bonds. The van der Waals surface area contributed by atoms with Crippen molar-refractivity contribution in [3.8, 4) is 0 Å². The highest BCUT2D eigenvalue weighted by molar-refractivity contribution is 9.10. The fourth-order valence-corrected chi connectivity index (χ4v) is 3.61. The lowest BCUT2D eigenvalue weighted by molar-refractivity contribution is 0.536. The molecule has 1 atom stereocenters. The van der Waals surface area contributed by atoms with Crippen molar-refractivity contribution >= 4 is 38.9 Å². The molecule has 0 bridgehead atoms. The summed E-state index contributed by atoms with van der Waals surface area (Å²) < 4.78 is 1.01. The van der Waals surface area contributed by atoms with Gasteiger partial charge in [0.15, 0.2) is 0 Å². The Balaban J connectivity index is 2.16. The molecule has 2 aromatic rings. The highest BCUT2D eigenvalue weighted by atomic mass is 79.9. The van der Waals surface area contributed by atoms with E-state index in [-0.39, 0.29) is 6.04 Å². The van der Waals surface area contributed by atoms with Crippen molar-refractivity contribution in [2.45, 2.75) is 25.8 Å². The number of thiophene rings is 1. The predicted molar refractivity (Wildman–Crippen MR) is 86.0 cm³/mol. The third-order valence-corrected chi connectivity index (χ3v) is 4.71. The minimum atomic E-state index is 0.253. The summed E-state index contributed by atoms with van der Waals surface area (Å²) in [6.07, 6.45) is 5.71. The molecule has 0 aromatic carbocycles. The van der Waals surface area contributed by atoms with Gasteiger partial charge in [-0.15, -0.1) is 11.3 Å². The van der Waals surface area contributed by atoms with Crippen molar-refractivity contribution in [2.24, 2.45) is 0 Å². The van der Waals surface area contributed by atoms with Gasteiger partial charge < -0.3 is 5.32 Å². The average Bonchev–Trinajstić information content (AvgIpc) is 2.81. The minimum Gasteiger partial charge on any atom is -0.309 e. The molecule has 19 heavy (non-hydrogen) atoms. The summed E-state index contributed by atoms with van der Waals surface area (Å²) in [4.78, 5) is 5.42. The van der Waals surface area contributed by atoms with Crippen LogP contribution in [-0.4, -0.2) is 11.5 Å². The summed E-state index contributed by atoms with van der Waals surface area (Å²) in [7, 11) is 0. The van der Waals surface area contributed by atoms with Gasteiger partial charge in [-0.3, -0.25) is 4.98 Å². The van der Waals surface area contributed by atoms with Gasteiger partial charge in [-0.05, 0) is 58.4 Å². The molecule has 5 heteroatoms. The largest absolute Gasteiger partial charge is 0.309 e. The van der Waals surface area contributed by atoms with Gasteiger partial charge in [0.1, 0.15) is 0 Å². The van der Waals surface area contributed by atoms with E-state index in [1.807, 2.05) is 17.6 Å².